The number of fused-ring (bicyclic) bond motifs is 1. The maximum Gasteiger partial charge on any atom is 0.262 e. The molecule has 8 heteroatoms. The molecule has 0 aliphatic carbocycles. The number of ether oxygens (including phenoxy) is 1. The van der Waals surface area contributed by atoms with Crippen LogP contribution in [0.1, 0.15) is 16.8 Å². The number of methoxy groups -OCH3 is 1. The van der Waals surface area contributed by atoms with Crippen molar-refractivity contribution in [2.45, 2.75) is 12.5 Å². The third-order valence-electron chi connectivity index (χ3n) is 5.10. The average molecular weight is 450 g/mol. The summed E-state index contributed by atoms with van der Waals surface area (Å²) in [5, 5.41) is 6.07. The summed E-state index contributed by atoms with van der Waals surface area (Å²) in [6.45, 7) is 0. The monoisotopic (exact) mass is 449 g/mol. The molecule has 0 unspecified atom stereocenters. The zero-order valence-electron chi connectivity index (χ0n) is 17.2. The van der Waals surface area contributed by atoms with Crippen molar-refractivity contribution >= 4 is 46.4 Å². The topological polar surface area (TPSA) is 87.7 Å². The van der Waals surface area contributed by atoms with Gasteiger partial charge in [-0.1, -0.05) is 35.9 Å². The van der Waals surface area contributed by atoms with Gasteiger partial charge in [-0.25, -0.2) is 0 Å². The Morgan fingerprint density at radius 1 is 1.03 bits per heavy atom. The van der Waals surface area contributed by atoms with Crippen LogP contribution in [-0.2, 0) is 9.59 Å². The molecule has 32 heavy (non-hydrogen) atoms. The standard InChI is InChI=1S/C24H20ClN3O4/c1-32-21-9-5-2-6-17(21)24(31)28-19-8-4-3-7-18(19)27-23(30)20(28)14-22(29)26-16-12-10-15(25)11-13-16/h2-13,20H,14H2,1H3,(H,26,29)(H,27,30)/t20-/m0/s1. The van der Waals surface area contributed by atoms with Gasteiger partial charge in [0.05, 0.1) is 30.5 Å². The minimum absolute atomic E-state index is 0.232. The van der Waals surface area contributed by atoms with Crippen molar-refractivity contribution in [2.75, 3.05) is 22.6 Å². The maximum atomic E-state index is 13.6. The number of rotatable bonds is 5. The summed E-state index contributed by atoms with van der Waals surface area (Å²) in [6.07, 6.45) is -0.232. The first-order valence-electron chi connectivity index (χ1n) is 9.90. The minimum atomic E-state index is -1.05. The number of hydrogen-bond donors (Lipinski definition) is 2. The van der Waals surface area contributed by atoms with Crippen LogP contribution >= 0.6 is 11.6 Å². The first kappa shape index (κ1) is 21.4. The largest absolute Gasteiger partial charge is 0.496 e. The van der Waals surface area contributed by atoms with Crippen LogP contribution in [0, 0.1) is 0 Å². The zero-order chi connectivity index (χ0) is 22.7. The van der Waals surface area contributed by atoms with Crippen LogP contribution in [0.4, 0.5) is 17.1 Å². The molecule has 0 fully saturated rings. The lowest BCUT2D eigenvalue weighted by Crippen LogP contribution is -2.52. The molecular weight excluding hydrogens is 430 g/mol. The van der Waals surface area contributed by atoms with Crippen LogP contribution in [0.15, 0.2) is 72.8 Å². The molecule has 0 saturated heterocycles. The molecule has 0 aromatic heterocycles. The van der Waals surface area contributed by atoms with Gasteiger partial charge in [-0.05, 0) is 48.5 Å². The molecule has 0 radical (unpaired) electrons. The van der Waals surface area contributed by atoms with Gasteiger partial charge >= 0.3 is 0 Å². The SMILES string of the molecule is COc1ccccc1C(=O)N1c2ccccc2NC(=O)[C@@H]1CC(=O)Nc1ccc(Cl)cc1. The van der Waals surface area contributed by atoms with E-state index < -0.39 is 23.8 Å². The fourth-order valence-corrected chi connectivity index (χ4v) is 3.72. The summed E-state index contributed by atoms with van der Waals surface area (Å²) < 4.78 is 5.34. The number of carbonyl (C=O) groups is 3. The van der Waals surface area contributed by atoms with E-state index in [0.717, 1.165) is 0 Å². The van der Waals surface area contributed by atoms with Gasteiger partial charge in [0.1, 0.15) is 11.8 Å². The number of anilines is 3. The highest BCUT2D eigenvalue weighted by Gasteiger charge is 2.39. The van der Waals surface area contributed by atoms with Gasteiger partial charge in [0, 0.05) is 10.7 Å². The lowest BCUT2D eigenvalue weighted by atomic mass is 10.0. The number of nitrogens with one attached hydrogen (secondary N) is 2. The Labute approximate surface area is 189 Å². The fraction of sp³-hybridized carbons (Fsp3) is 0.125. The third kappa shape index (κ3) is 4.29. The maximum absolute atomic E-state index is 13.6. The van der Waals surface area contributed by atoms with E-state index in [9.17, 15) is 14.4 Å². The van der Waals surface area contributed by atoms with E-state index >= 15 is 0 Å². The predicted molar refractivity (Wildman–Crippen MR) is 123 cm³/mol. The molecule has 4 rings (SSSR count). The Morgan fingerprint density at radius 3 is 2.47 bits per heavy atom. The number of hydrogen-bond acceptors (Lipinski definition) is 4. The first-order chi connectivity index (χ1) is 15.5. The third-order valence-corrected chi connectivity index (χ3v) is 5.35. The Kier molecular flexibility index (Phi) is 6.09. The molecule has 1 aliphatic heterocycles. The van der Waals surface area contributed by atoms with Gasteiger partial charge in [-0.2, -0.15) is 0 Å². The Balaban J connectivity index is 1.67. The van der Waals surface area contributed by atoms with Crippen LogP contribution in [0.25, 0.3) is 0 Å². The van der Waals surface area contributed by atoms with E-state index in [1.54, 1.807) is 72.8 Å². The van der Waals surface area contributed by atoms with Gasteiger partial charge < -0.3 is 15.4 Å². The first-order valence-corrected chi connectivity index (χ1v) is 10.3. The highest BCUT2D eigenvalue weighted by molar-refractivity contribution is 6.30. The highest BCUT2D eigenvalue weighted by atomic mass is 35.5. The van der Waals surface area contributed by atoms with Crippen molar-refractivity contribution < 1.29 is 19.1 Å². The molecule has 3 aromatic carbocycles. The number of halogens is 1. The van der Waals surface area contributed by atoms with Crippen molar-refractivity contribution in [3.63, 3.8) is 0 Å². The van der Waals surface area contributed by atoms with Crippen molar-refractivity contribution in [1.82, 2.24) is 0 Å². The van der Waals surface area contributed by atoms with Crippen molar-refractivity contribution in [3.8, 4) is 5.75 Å². The molecule has 1 aliphatic rings. The number of benzene rings is 3. The molecule has 1 heterocycles. The number of amides is 3. The van der Waals surface area contributed by atoms with Gasteiger partial charge in [-0.15, -0.1) is 0 Å². The summed E-state index contributed by atoms with van der Waals surface area (Å²) >= 11 is 5.89. The summed E-state index contributed by atoms with van der Waals surface area (Å²) in [6, 6.07) is 19.3. The molecule has 3 aromatic rings. The molecule has 0 saturated carbocycles. The minimum Gasteiger partial charge on any atom is -0.496 e. The highest BCUT2D eigenvalue weighted by Crippen LogP contribution is 2.35. The quantitative estimate of drug-likeness (QED) is 0.606. The van der Waals surface area contributed by atoms with E-state index in [0.29, 0.717) is 33.4 Å². The second-order valence-electron chi connectivity index (χ2n) is 7.16. The summed E-state index contributed by atoms with van der Waals surface area (Å²) in [5.41, 5.74) is 1.84. The molecular formula is C24H20ClN3O4. The molecule has 162 valence electrons. The molecule has 0 bridgehead atoms. The molecule has 3 amide bonds. The van der Waals surface area contributed by atoms with Crippen LogP contribution < -0.4 is 20.3 Å². The summed E-state index contributed by atoms with van der Waals surface area (Å²) in [7, 11) is 1.47. The van der Waals surface area contributed by atoms with Crippen LogP contribution in [0.5, 0.6) is 5.75 Å². The second-order valence-corrected chi connectivity index (χ2v) is 7.59. The smallest absolute Gasteiger partial charge is 0.262 e. The molecule has 1 atom stereocenters. The van der Waals surface area contributed by atoms with Crippen LogP contribution in [0.2, 0.25) is 5.02 Å². The van der Waals surface area contributed by atoms with E-state index in [1.807, 2.05) is 0 Å². The van der Waals surface area contributed by atoms with E-state index in [4.69, 9.17) is 16.3 Å². The zero-order valence-corrected chi connectivity index (χ0v) is 17.9. The predicted octanol–water partition coefficient (Wildman–Crippen LogP) is 4.34. The summed E-state index contributed by atoms with van der Waals surface area (Å²) in [5.74, 6) is -0.915. The van der Waals surface area contributed by atoms with Crippen molar-refractivity contribution in [1.29, 1.82) is 0 Å². The lowest BCUT2D eigenvalue weighted by molar-refractivity contribution is -0.122. The molecule has 0 spiro atoms. The molecule has 7 nitrogen and oxygen atoms in total. The van der Waals surface area contributed by atoms with Crippen LogP contribution in [0.3, 0.4) is 0 Å². The lowest BCUT2D eigenvalue weighted by Gasteiger charge is -2.36. The van der Waals surface area contributed by atoms with Gasteiger partial charge in [0.2, 0.25) is 11.8 Å². The van der Waals surface area contributed by atoms with E-state index in [1.165, 1.54) is 12.0 Å². The van der Waals surface area contributed by atoms with E-state index in [2.05, 4.69) is 10.6 Å². The van der Waals surface area contributed by atoms with E-state index in [-0.39, 0.29) is 6.42 Å². The van der Waals surface area contributed by atoms with Crippen molar-refractivity contribution in [2.24, 2.45) is 0 Å². The fourth-order valence-electron chi connectivity index (χ4n) is 3.60. The number of para-hydroxylation sites is 3. The van der Waals surface area contributed by atoms with Crippen molar-refractivity contribution in [3.05, 3.63) is 83.4 Å². The second kappa shape index (κ2) is 9.11. The van der Waals surface area contributed by atoms with Gasteiger partial charge in [-0.3, -0.25) is 19.3 Å². The Morgan fingerprint density at radius 2 is 1.72 bits per heavy atom. The van der Waals surface area contributed by atoms with Gasteiger partial charge in [0.25, 0.3) is 5.91 Å². The Bertz CT molecular complexity index is 1180. The normalized spacial score (nSPS) is 14.9. The number of nitrogens with zero attached hydrogens (tertiary/aromatic N) is 1. The Hall–Kier alpha value is -3.84. The number of carbonyl (C=O) groups excluding carboxylic acids is 3. The molecule has 2 N–H and O–H groups in total. The average Bonchev–Trinajstić information content (AvgIpc) is 2.80. The van der Waals surface area contributed by atoms with Crippen LogP contribution in [-0.4, -0.2) is 30.9 Å². The summed E-state index contributed by atoms with van der Waals surface area (Å²) in [4.78, 5) is 40.7. The van der Waals surface area contributed by atoms with Gasteiger partial charge in [0.15, 0.2) is 0 Å².